The van der Waals surface area contributed by atoms with Gasteiger partial charge in [-0.25, -0.2) is 0 Å². The van der Waals surface area contributed by atoms with E-state index in [9.17, 15) is 9.90 Å². The summed E-state index contributed by atoms with van der Waals surface area (Å²) in [5.74, 6) is -1.19. The average Bonchev–Trinajstić information content (AvgIpc) is 3.08. The van der Waals surface area contributed by atoms with Crippen molar-refractivity contribution >= 4 is 5.97 Å². The van der Waals surface area contributed by atoms with E-state index in [0.29, 0.717) is 13.2 Å². The van der Waals surface area contributed by atoms with E-state index in [1.54, 1.807) is 0 Å². The molecule has 21 heavy (non-hydrogen) atoms. The lowest BCUT2D eigenvalue weighted by Crippen LogP contribution is -2.43. The molecule has 2 rings (SSSR count). The van der Waals surface area contributed by atoms with E-state index < -0.39 is 11.9 Å². The molecule has 0 saturated carbocycles. The summed E-state index contributed by atoms with van der Waals surface area (Å²) < 4.78 is 7.42. The SMILES string of the molecule is CCCN(Cc1ccnn1CCC)C1COCC1C(=O)O. The molecule has 1 saturated heterocycles. The van der Waals surface area contributed by atoms with Crippen LogP contribution < -0.4 is 0 Å². The van der Waals surface area contributed by atoms with E-state index in [4.69, 9.17) is 4.74 Å². The molecular weight excluding hydrogens is 270 g/mol. The number of carboxylic acid groups (broad SMARTS) is 1. The van der Waals surface area contributed by atoms with Crippen molar-refractivity contribution in [2.24, 2.45) is 5.92 Å². The number of carboxylic acids is 1. The van der Waals surface area contributed by atoms with Crippen LogP contribution in [0.4, 0.5) is 0 Å². The third kappa shape index (κ3) is 3.83. The lowest BCUT2D eigenvalue weighted by atomic mass is 10.0. The minimum atomic E-state index is -0.763. The first kappa shape index (κ1) is 16.0. The molecule has 2 heterocycles. The number of hydrogen-bond donors (Lipinski definition) is 1. The summed E-state index contributed by atoms with van der Waals surface area (Å²) in [6, 6.07) is 1.97. The summed E-state index contributed by atoms with van der Waals surface area (Å²) in [6.45, 7) is 7.54. The first-order valence-electron chi connectivity index (χ1n) is 7.72. The number of rotatable bonds is 8. The Labute approximate surface area is 125 Å². The van der Waals surface area contributed by atoms with Crippen LogP contribution in [-0.2, 0) is 22.6 Å². The highest BCUT2D eigenvalue weighted by molar-refractivity contribution is 5.71. The molecule has 0 bridgehead atoms. The van der Waals surface area contributed by atoms with Gasteiger partial charge in [0.05, 0.1) is 24.8 Å². The van der Waals surface area contributed by atoms with Crippen LogP contribution in [0.15, 0.2) is 12.3 Å². The van der Waals surface area contributed by atoms with E-state index >= 15 is 0 Å². The van der Waals surface area contributed by atoms with Crippen molar-refractivity contribution in [3.63, 3.8) is 0 Å². The Morgan fingerprint density at radius 1 is 1.48 bits per heavy atom. The second kappa shape index (κ2) is 7.56. The Morgan fingerprint density at radius 2 is 2.29 bits per heavy atom. The molecule has 1 aliphatic heterocycles. The molecule has 2 atom stereocenters. The Morgan fingerprint density at radius 3 is 2.95 bits per heavy atom. The van der Waals surface area contributed by atoms with Gasteiger partial charge in [0.2, 0.25) is 0 Å². The predicted molar refractivity (Wildman–Crippen MR) is 79.0 cm³/mol. The van der Waals surface area contributed by atoms with Gasteiger partial charge in [0, 0.05) is 25.3 Å². The zero-order valence-corrected chi connectivity index (χ0v) is 12.9. The summed E-state index contributed by atoms with van der Waals surface area (Å²) in [6.07, 6.45) is 3.84. The van der Waals surface area contributed by atoms with Crippen LogP contribution in [0.1, 0.15) is 32.4 Å². The van der Waals surface area contributed by atoms with Crippen LogP contribution in [0.5, 0.6) is 0 Å². The first-order valence-corrected chi connectivity index (χ1v) is 7.72. The smallest absolute Gasteiger partial charge is 0.310 e. The van der Waals surface area contributed by atoms with E-state index in [1.807, 2.05) is 16.9 Å². The number of hydrogen-bond acceptors (Lipinski definition) is 4. The summed E-state index contributed by atoms with van der Waals surface area (Å²) in [7, 11) is 0. The van der Waals surface area contributed by atoms with E-state index in [2.05, 4.69) is 23.8 Å². The highest BCUT2D eigenvalue weighted by atomic mass is 16.5. The Bertz CT molecular complexity index is 461. The molecule has 0 amide bonds. The van der Waals surface area contributed by atoms with Crippen molar-refractivity contribution in [1.82, 2.24) is 14.7 Å². The van der Waals surface area contributed by atoms with Crippen molar-refractivity contribution in [3.8, 4) is 0 Å². The van der Waals surface area contributed by atoms with Crippen molar-refractivity contribution in [1.29, 1.82) is 0 Å². The molecular formula is C15H25N3O3. The molecule has 1 fully saturated rings. The number of aromatic nitrogens is 2. The summed E-state index contributed by atoms with van der Waals surface area (Å²) in [4.78, 5) is 13.6. The zero-order chi connectivity index (χ0) is 15.2. The molecule has 0 radical (unpaired) electrons. The minimum Gasteiger partial charge on any atom is -0.481 e. The van der Waals surface area contributed by atoms with E-state index in [1.165, 1.54) is 0 Å². The summed E-state index contributed by atoms with van der Waals surface area (Å²) in [5.41, 5.74) is 1.14. The quantitative estimate of drug-likeness (QED) is 0.789. The van der Waals surface area contributed by atoms with Gasteiger partial charge in [-0.2, -0.15) is 5.10 Å². The topological polar surface area (TPSA) is 67.6 Å². The molecule has 1 aromatic heterocycles. The standard InChI is InChI=1S/C15H25N3O3/c1-3-7-17(14-11-21-10-13(14)15(19)20)9-12-5-6-16-18(12)8-4-2/h5-6,13-14H,3-4,7-11H2,1-2H3,(H,19,20). The van der Waals surface area contributed by atoms with Crippen LogP contribution >= 0.6 is 0 Å². The van der Waals surface area contributed by atoms with Crippen molar-refractivity contribution < 1.29 is 14.6 Å². The number of ether oxygens (including phenoxy) is 1. The monoisotopic (exact) mass is 295 g/mol. The molecule has 1 aromatic rings. The Balaban J connectivity index is 2.11. The lowest BCUT2D eigenvalue weighted by molar-refractivity contribution is -0.143. The maximum Gasteiger partial charge on any atom is 0.310 e. The van der Waals surface area contributed by atoms with E-state index in [0.717, 1.165) is 38.2 Å². The highest BCUT2D eigenvalue weighted by Crippen LogP contribution is 2.22. The van der Waals surface area contributed by atoms with Crippen LogP contribution in [-0.4, -0.2) is 51.6 Å². The predicted octanol–water partition coefficient (Wildman–Crippen LogP) is 1.60. The number of aliphatic carboxylic acids is 1. The fraction of sp³-hybridized carbons (Fsp3) is 0.733. The van der Waals surface area contributed by atoms with Crippen LogP contribution in [0, 0.1) is 5.92 Å². The summed E-state index contributed by atoms with van der Waals surface area (Å²) in [5, 5.41) is 13.7. The molecule has 2 unspecified atom stereocenters. The van der Waals surface area contributed by atoms with Crippen LogP contribution in [0.2, 0.25) is 0 Å². The largest absolute Gasteiger partial charge is 0.481 e. The maximum atomic E-state index is 11.4. The third-order valence-corrected chi connectivity index (χ3v) is 3.95. The van der Waals surface area contributed by atoms with Gasteiger partial charge in [0.15, 0.2) is 0 Å². The average molecular weight is 295 g/mol. The minimum absolute atomic E-state index is 0.0487. The third-order valence-electron chi connectivity index (χ3n) is 3.95. The molecule has 6 heteroatoms. The van der Waals surface area contributed by atoms with Gasteiger partial charge in [0.25, 0.3) is 0 Å². The van der Waals surface area contributed by atoms with Crippen molar-refractivity contribution in [2.75, 3.05) is 19.8 Å². The zero-order valence-electron chi connectivity index (χ0n) is 12.9. The lowest BCUT2D eigenvalue weighted by Gasteiger charge is -2.30. The number of aryl methyl sites for hydroxylation is 1. The number of nitrogens with zero attached hydrogens (tertiary/aromatic N) is 3. The summed E-state index contributed by atoms with van der Waals surface area (Å²) >= 11 is 0. The van der Waals surface area contributed by atoms with Gasteiger partial charge in [-0.1, -0.05) is 13.8 Å². The van der Waals surface area contributed by atoms with Crippen molar-refractivity contribution in [2.45, 2.75) is 45.8 Å². The van der Waals surface area contributed by atoms with Crippen LogP contribution in [0.25, 0.3) is 0 Å². The Hall–Kier alpha value is -1.40. The molecule has 6 nitrogen and oxygen atoms in total. The van der Waals surface area contributed by atoms with E-state index in [-0.39, 0.29) is 6.04 Å². The first-order chi connectivity index (χ1) is 10.2. The van der Waals surface area contributed by atoms with Crippen molar-refractivity contribution in [3.05, 3.63) is 18.0 Å². The normalized spacial score (nSPS) is 22.0. The molecule has 118 valence electrons. The van der Waals surface area contributed by atoms with Gasteiger partial charge in [-0.3, -0.25) is 14.4 Å². The molecule has 0 spiro atoms. The molecule has 1 N–H and O–H groups in total. The molecule has 1 aliphatic rings. The maximum absolute atomic E-state index is 11.4. The Kier molecular flexibility index (Phi) is 5.76. The fourth-order valence-corrected chi connectivity index (χ4v) is 2.90. The highest BCUT2D eigenvalue weighted by Gasteiger charge is 2.37. The van der Waals surface area contributed by atoms with Gasteiger partial charge in [-0.05, 0) is 25.5 Å². The second-order valence-corrected chi connectivity index (χ2v) is 5.57. The number of carbonyl (C=O) groups is 1. The van der Waals surface area contributed by atoms with Crippen LogP contribution in [0.3, 0.4) is 0 Å². The van der Waals surface area contributed by atoms with Gasteiger partial charge < -0.3 is 9.84 Å². The fourth-order valence-electron chi connectivity index (χ4n) is 2.90. The van der Waals surface area contributed by atoms with Gasteiger partial charge >= 0.3 is 5.97 Å². The molecule has 0 aliphatic carbocycles. The van der Waals surface area contributed by atoms with Gasteiger partial charge in [-0.15, -0.1) is 0 Å². The van der Waals surface area contributed by atoms with Gasteiger partial charge in [0.1, 0.15) is 0 Å². The second-order valence-electron chi connectivity index (χ2n) is 5.57. The molecule has 0 aromatic carbocycles.